The van der Waals surface area contributed by atoms with Gasteiger partial charge in [-0.25, -0.2) is 0 Å². The molecule has 1 atom stereocenters. The summed E-state index contributed by atoms with van der Waals surface area (Å²) in [4.78, 5) is 27.5. The maximum atomic E-state index is 12.9. The molecule has 5 heteroatoms. The molecule has 1 fully saturated rings. The minimum absolute atomic E-state index is 0.0682. The molecule has 1 heterocycles. The van der Waals surface area contributed by atoms with Crippen molar-refractivity contribution >= 4 is 17.5 Å². The van der Waals surface area contributed by atoms with Gasteiger partial charge in [0.05, 0.1) is 6.61 Å². The lowest BCUT2D eigenvalue weighted by atomic mass is 10.0. The van der Waals surface area contributed by atoms with Crippen molar-refractivity contribution in [3.05, 3.63) is 64.7 Å². The second kappa shape index (κ2) is 9.02. The minimum atomic E-state index is -0.181. The van der Waals surface area contributed by atoms with Gasteiger partial charge in [0, 0.05) is 36.5 Å². The molecule has 1 N–H and O–H groups in total. The molecule has 148 valence electrons. The fourth-order valence-electron chi connectivity index (χ4n) is 3.72. The Balaban J connectivity index is 1.76. The Morgan fingerprint density at radius 3 is 2.68 bits per heavy atom. The first kappa shape index (κ1) is 20.1. The van der Waals surface area contributed by atoms with Crippen molar-refractivity contribution in [1.29, 1.82) is 0 Å². The Kier molecular flexibility index (Phi) is 6.47. The highest BCUT2D eigenvalue weighted by molar-refractivity contribution is 6.06. The standard InChI is InChI=1S/C23H28N2O3/c1-16-14-18(23(27)25-13-7-6-8-17(25)2)11-12-21(16)24-22(26)20-10-5-4-9-19(20)15-28-3/h4-5,9-12,14,17H,6-8,13,15H2,1-3H3,(H,24,26). The van der Waals surface area contributed by atoms with Crippen LogP contribution in [0.1, 0.15) is 58.0 Å². The fourth-order valence-corrected chi connectivity index (χ4v) is 3.72. The Morgan fingerprint density at radius 2 is 1.96 bits per heavy atom. The van der Waals surface area contributed by atoms with Crippen LogP contribution in [0.5, 0.6) is 0 Å². The van der Waals surface area contributed by atoms with Gasteiger partial charge in [0.1, 0.15) is 0 Å². The first-order chi connectivity index (χ1) is 13.5. The van der Waals surface area contributed by atoms with Crippen LogP contribution >= 0.6 is 0 Å². The summed E-state index contributed by atoms with van der Waals surface area (Å²) in [5.41, 5.74) is 3.68. The van der Waals surface area contributed by atoms with Crippen molar-refractivity contribution in [1.82, 2.24) is 4.90 Å². The summed E-state index contributed by atoms with van der Waals surface area (Å²) in [5.74, 6) is -0.113. The van der Waals surface area contributed by atoms with E-state index in [9.17, 15) is 9.59 Å². The van der Waals surface area contributed by atoms with Gasteiger partial charge < -0.3 is 15.0 Å². The van der Waals surface area contributed by atoms with Gasteiger partial charge in [0.15, 0.2) is 0 Å². The van der Waals surface area contributed by atoms with Crippen LogP contribution in [0.25, 0.3) is 0 Å². The number of anilines is 1. The van der Waals surface area contributed by atoms with Crippen LogP contribution in [-0.2, 0) is 11.3 Å². The van der Waals surface area contributed by atoms with E-state index in [1.165, 1.54) is 6.42 Å². The largest absolute Gasteiger partial charge is 0.380 e. The summed E-state index contributed by atoms with van der Waals surface area (Å²) in [5, 5.41) is 2.96. The third-order valence-corrected chi connectivity index (χ3v) is 5.35. The predicted octanol–water partition coefficient (Wildman–Crippen LogP) is 4.41. The van der Waals surface area contributed by atoms with E-state index in [0.29, 0.717) is 23.4 Å². The van der Waals surface area contributed by atoms with Gasteiger partial charge in [-0.3, -0.25) is 9.59 Å². The molecule has 28 heavy (non-hydrogen) atoms. The topological polar surface area (TPSA) is 58.6 Å². The van der Waals surface area contributed by atoms with Crippen molar-refractivity contribution < 1.29 is 14.3 Å². The number of methoxy groups -OCH3 is 1. The number of carbonyl (C=O) groups excluding carboxylic acids is 2. The van der Waals surface area contributed by atoms with Gasteiger partial charge >= 0.3 is 0 Å². The fraction of sp³-hybridized carbons (Fsp3) is 0.391. The Hall–Kier alpha value is -2.66. The van der Waals surface area contributed by atoms with E-state index in [-0.39, 0.29) is 17.9 Å². The molecule has 5 nitrogen and oxygen atoms in total. The molecule has 1 unspecified atom stereocenters. The zero-order valence-corrected chi connectivity index (χ0v) is 16.8. The highest BCUT2D eigenvalue weighted by Crippen LogP contribution is 2.23. The SMILES string of the molecule is COCc1ccccc1C(=O)Nc1ccc(C(=O)N2CCCCC2C)cc1C. The normalized spacial score (nSPS) is 16.7. The molecule has 0 aromatic heterocycles. The lowest BCUT2D eigenvalue weighted by Crippen LogP contribution is -2.42. The number of benzene rings is 2. The molecule has 3 rings (SSSR count). The molecule has 2 aromatic rings. The van der Waals surface area contributed by atoms with E-state index in [4.69, 9.17) is 4.74 Å². The van der Waals surface area contributed by atoms with Crippen molar-refractivity contribution in [2.24, 2.45) is 0 Å². The molecular formula is C23H28N2O3. The molecule has 1 aliphatic rings. The van der Waals surface area contributed by atoms with Crippen LogP contribution in [0, 0.1) is 6.92 Å². The number of likely N-dealkylation sites (tertiary alicyclic amines) is 1. The number of aryl methyl sites for hydroxylation is 1. The van der Waals surface area contributed by atoms with E-state index in [1.807, 2.05) is 42.2 Å². The van der Waals surface area contributed by atoms with Crippen LogP contribution in [0.3, 0.4) is 0 Å². The molecule has 0 aliphatic carbocycles. The number of ether oxygens (including phenoxy) is 1. The van der Waals surface area contributed by atoms with E-state index in [0.717, 1.165) is 30.5 Å². The Bertz CT molecular complexity index is 863. The molecule has 1 aliphatic heterocycles. The summed E-state index contributed by atoms with van der Waals surface area (Å²) in [6.45, 7) is 5.21. The minimum Gasteiger partial charge on any atom is -0.380 e. The number of rotatable bonds is 5. The van der Waals surface area contributed by atoms with E-state index in [1.54, 1.807) is 19.2 Å². The van der Waals surface area contributed by atoms with Gasteiger partial charge in [0.2, 0.25) is 0 Å². The van der Waals surface area contributed by atoms with E-state index < -0.39 is 0 Å². The first-order valence-corrected chi connectivity index (χ1v) is 9.81. The van der Waals surface area contributed by atoms with Gasteiger partial charge in [-0.15, -0.1) is 0 Å². The Morgan fingerprint density at radius 1 is 1.18 bits per heavy atom. The highest BCUT2D eigenvalue weighted by atomic mass is 16.5. The lowest BCUT2D eigenvalue weighted by Gasteiger charge is -2.33. The molecule has 0 saturated carbocycles. The monoisotopic (exact) mass is 380 g/mol. The van der Waals surface area contributed by atoms with Crippen molar-refractivity contribution in [3.63, 3.8) is 0 Å². The maximum Gasteiger partial charge on any atom is 0.256 e. The third-order valence-electron chi connectivity index (χ3n) is 5.35. The maximum absolute atomic E-state index is 12.9. The third kappa shape index (κ3) is 4.42. The number of piperidine rings is 1. The Labute approximate surface area is 166 Å². The summed E-state index contributed by atoms with van der Waals surface area (Å²) in [7, 11) is 1.61. The van der Waals surface area contributed by atoms with Crippen molar-refractivity contribution in [3.8, 4) is 0 Å². The summed E-state index contributed by atoms with van der Waals surface area (Å²) in [6, 6.07) is 13.1. The number of carbonyl (C=O) groups is 2. The summed E-state index contributed by atoms with van der Waals surface area (Å²) < 4.78 is 5.18. The number of nitrogens with zero attached hydrogens (tertiary/aromatic N) is 1. The quantitative estimate of drug-likeness (QED) is 0.836. The molecule has 2 aromatic carbocycles. The van der Waals surface area contributed by atoms with Gasteiger partial charge in [0.25, 0.3) is 11.8 Å². The molecule has 0 spiro atoms. The molecule has 0 bridgehead atoms. The van der Waals surface area contributed by atoms with Gasteiger partial charge in [-0.2, -0.15) is 0 Å². The highest BCUT2D eigenvalue weighted by Gasteiger charge is 2.24. The average molecular weight is 380 g/mol. The van der Waals surface area contributed by atoms with Crippen LogP contribution in [0.15, 0.2) is 42.5 Å². The molecule has 0 radical (unpaired) electrons. The summed E-state index contributed by atoms with van der Waals surface area (Å²) >= 11 is 0. The number of amides is 2. The zero-order valence-electron chi connectivity index (χ0n) is 16.8. The molecular weight excluding hydrogens is 352 g/mol. The second-order valence-corrected chi connectivity index (χ2v) is 7.42. The predicted molar refractivity (Wildman–Crippen MR) is 111 cm³/mol. The van der Waals surface area contributed by atoms with Crippen LogP contribution < -0.4 is 5.32 Å². The van der Waals surface area contributed by atoms with Crippen LogP contribution in [-0.4, -0.2) is 36.4 Å². The lowest BCUT2D eigenvalue weighted by molar-refractivity contribution is 0.0635. The molecule has 1 saturated heterocycles. The first-order valence-electron chi connectivity index (χ1n) is 9.81. The van der Waals surface area contributed by atoms with Crippen LogP contribution in [0.2, 0.25) is 0 Å². The smallest absolute Gasteiger partial charge is 0.256 e. The number of nitrogens with one attached hydrogen (secondary N) is 1. The zero-order chi connectivity index (χ0) is 20.1. The number of hydrogen-bond acceptors (Lipinski definition) is 3. The van der Waals surface area contributed by atoms with E-state index >= 15 is 0 Å². The second-order valence-electron chi connectivity index (χ2n) is 7.42. The van der Waals surface area contributed by atoms with E-state index in [2.05, 4.69) is 12.2 Å². The average Bonchev–Trinajstić information content (AvgIpc) is 2.70. The van der Waals surface area contributed by atoms with Gasteiger partial charge in [-0.05, 0) is 68.5 Å². The van der Waals surface area contributed by atoms with Crippen molar-refractivity contribution in [2.75, 3.05) is 19.0 Å². The van der Waals surface area contributed by atoms with Crippen LogP contribution in [0.4, 0.5) is 5.69 Å². The van der Waals surface area contributed by atoms with Gasteiger partial charge in [-0.1, -0.05) is 18.2 Å². The molecule has 2 amide bonds. The van der Waals surface area contributed by atoms with Crippen molar-refractivity contribution in [2.45, 2.75) is 45.8 Å². The summed E-state index contributed by atoms with van der Waals surface area (Å²) in [6.07, 6.45) is 3.29. The number of hydrogen-bond donors (Lipinski definition) is 1.